The van der Waals surface area contributed by atoms with E-state index >= 15 is 0 Å². The second kappa shape index (κ2) is 7.38. The van der Waals surface area contributed by atoms with Crippen LogP contribution < -0.4 is 10.1 Å². The summed E-state index contributed by atoms with van der Waals surface area (Å²) in [5.74, 6) is 0.255. The van der Waals surface area contributed by atoms with E-state index in [2.05, 4.69) is 10.3 Å². The molecule has 124 valence electrons. The Labute approximate surface area is 152 Å². The summed E-state index contributed by atoms with van der Waals surface area (Å²) in [6.45, 7) is 2.51. The molecule has 1 N–H and O–H groups in total. The van der Waals surface area contributed by atoms with Crippen LogP contribution in [0, 0.1) is 6.92 Å². The second-order valence-corrected chi connectivity index (χ2v) is 7.36. The number of thiazole rings is 1. The van der Waals surface area contributed by atoms with E-state index in [1.54, 1.807) is 35.6 Å². The standard InChI is InChI=1S/C16H13ClN2O3S2/c1-9-13(23-8-18-9)4-5-22-11-3-2-10(12(17)7-11)6-14-15(20)19-16(21)24-14/h2-3,6-8H,4-5H2,1H3,(H,19,20,21). The quantitative estimate of drug-likeness (QED) is 0.792. The summed E-state index contributed by atoms with van der Waals surface area (Å²) < 4.78 is 5.71. The number of nitrogens with zero attached hydrogens (tertiary/aromatic N) is 1. The van der Waals surface area contributed by atoms with Gasteiger partial charge in [-0.15, -0.1) is 11.3 Å². The van der Waals surface area contributed by atoms with Crippen LogP contribution in [0.1, 0.15) is 16.1 Å². The molecule has 8 heteroatoms. The minimum absolute atomic E-state index is 0.330. The molecule has 0 bridgehead atoms. The van der Waals surface area contributed by atoms with E-state index < -0.39 is 5.91 Å². The monoisotopic (exact) mass is 380 g/mol. The number of carbonyl (C=O) groups is 2. The molecule has 0 aliphatic carbocycles. The average molecular weight is 381 g/mol. The molecule has 0 unspecified atom stereocenters. The van der Waals surface area contributed by atoms with Gasteiger partial charge < -0.3 is 4.74 Å². The van der Waals surface area contributed by atoms with Gasteiger partial charge in [-0.1, -0.05) is 11.6 Å². The van der Waals surface area contributed by atoms with Crippen molar-refractivity contribution < 1.29 is 14.3 Å². The molecule has 1 saturated heterocycles. The van der Waals surface area contributed by atoms with E-state index in [-0.39, 0.29) is 5.24 Å². The van der Waals surface area contributed by atoms with E-state index in [4.69, 9.17) is 16.3 Å². The number of halogens is 1. The first-order valence-corrected chi connectivity index (χ1v) is 9.16. The molecule has 1 fully saturated rings. The first kappa shape index (κ1) is 17.0. The molecule has 24 heavy (non-hydrogen) atoms. The number of rotatable bonds is 5. The lowest BCUT2D eigenvalue weighted by molar-refractivity contribution is -0.115. The van der Waals surface area contributed by atoms with E-state index in [9.17, 15) is 9.59 Å². The number of imide groups is 1. The fraction of sp³-hybridized carbons (Fsp3) is 0.188. The largest absolute Gasteiger partial charge is 0.493 e. The Morgan fingerprint density at radius 2 is 2.21 bits per heavy atom. The van der Waals surface area contributed by atoms with Crippen LogP contribution in [-0.2, 0) is 11.2 Å². The normalized spacial score (nSPS) is 15.8. The molecule has 1 aromatic carbocycles. The summed E-state index contributed by atoms with van der Waals surface area (Å²) in [5, 5.41) is 2.29. The predicted octanol–water partition coefficient (Wildman–Crippen LogP) is 4.05. The third-order valence-corrected chi connectivity index (χ3v) is 5.48. The Bertz CT molecular complexity index is 832. The molecule has 5 nitrogen and oxygen atoms in total. The van der Waals surface area contributed by atoms with Gasteiger partial charge in [0.05, 0.1) is 27.7 Å². The highest BCUT2D eigenvalue weighted by Crippen LogP contribution is 2.30. The molecule has 2 aromatic rings. The summed E-state index contributed by atoms with van der Waals surface area (Å²) in [4.78, 5) is 28.5. The van der Waals surface area contributed by atoms with Crippen LogP contribution in [0.2, 0.25) is 5.02 Å². The van der Waals surface area contributed by atoms with Crippen molar-refractivity contribution in [3.63, 3.8) is 0 Å². The summed E-state index contributed by atoms with van der Waals surface area (Å²) in [6.07, 6.45) is 2.39. The van der Waals surface area contributed by atoms with E-state index in [0.717, 1.165) is 23.9 Å². The lowest BCUT2D eigenvalue weighted by Gasteiger charge is -2.07. The first-order chi connectivity index (χ1) is 11.5. The van der Waals surface area contributed by atoms with Crippen LogP contribution in [-0.4, -0.2) is 22.7 Å². The zero-order valence-corrected chi connectivity index (χ0v) is 15.1. The topological polar surface area (TPSA) is 68.3 Å². The predicted molar refractivity (Wildman–Crippen MR) is 96.6 cm³/mol. The van der Waals surface area contributed by atoms with Crippen molar-refractivity contribution in [2.24, 2.45) is 0 Å². The van der Waals surface area contributed by atoms with Crippen molar-refractivity contribution in [1.82, 2.24) is 10.3 Å². The van der Waals surface area contributed by atoms with Gasteiger partial charge in [-0.05, 0) is 48.5 Å². The van der Waals surface area contributed by atoms with Crippen molar-refractivity contribution in [1.29, 1.82) is 0 Å². The number of nitrogens with one attached hydrogen (secondary N) is 1. The molecule has 0 spiro atoms. The van der Waals surface area contributed by atoms with Crippen molar-refractivity contribution in [2.45, 2.75) is 13.3 Å². The maximum atomic E-state index is 11.6. The number of hydrogen-bond donors (Lipinski definition) is 1. The molecule has 1 aromatic heterocycles. The second-order valence-electron chi connectivity index (χ2n) is 4.99. The van der Waals surface area contributed by atoms with Crippen molar-refractivity contribution in [3.05, 3.63) is 49.8 Å². The molecule has 1 aliphatic rings. The zero-order chi connectivity index (χ0) is 17.1. The molecule has 2 amide bonds. The number of aryl methyl sites for hydroxylation is 1. The van der Waals surface area contributed by atoms with Crippen molar-refractivity contribution in [2.75, 3.05) is 6.61 Å². The van der Waals surface area contributed by atoms with Crippen LogP contribution in [0.4, 0.5) is 4.79 Å². The Kier molecular flexibility index (Phi) is 5.23. The zero-order valence-electron chi connectivity index (χ0n) is 12.7. The third kappa shape index (κ3) is 3.98. The number of hydrogen-bond acceptors (Lipinski definition) is 6. The molecule has 0 atom stereocenters. The van der Waals surface area contributed by atoms with Crippen molar-refractivity contribution in [3.8, 4) is 5.75 Å². The fourth-order valence-corrected chi connectivity index (χ4v) is 3.77. The molecule has 0 saturated carbocycles. The SMILES string of the molecule is Cc1ncsc1CCOc1ccc(C=C2SC(=O)NC2=O)c(Cl)c1. The smallest absolute Gasteiger partial charge is 0.290 e. The van der Waals surface area contributed by atoms with E-state index in [1.165, 1.54) is 4.88 Å². The fourth-order valence-electron chi connectivity index (χ4n) is 2.10. The Morgan fingerprint density at radius 1 is 1.38 bits per heavy atom. The van der Waals surface area contributed by atoms with E-state index in [0.29, 0.717) is 27.8 Å². The third-order valence-electron chi connectivity index (χ3n) is 3.34. The Hall–Kier alpha value is -1.83. The minimum Gasteiger partial charge on any atom is -0.493 e. The molecule has 2 heterocycles. The van der Waals surface area contributed by atoms with Crippen molar-refractivity contribution >= 4 is 51.9 Å². The minimum atomic E-state index is -0.402. The number of carbonyl (C=O) groups excluding carboxylic acids is 2. The van der Waals surface area contributed by atoms with Gasteiger partial charge in [0.1, 0.15) is 5.75 Å². The number of thioether (sulfide) groups is 1. The molecule has 0 radical (unpaired) electrons. The van der Waals surface area contributed by atoms with Gasteiger partial charge in [-0.2, -0.15) is 0 Å². The lowest BCUT2D eigenvalue weighted by atomic mass is 10.2. The van der Waals surface area contributed by atoms with Crippen LogP contribution >= 0.6 is 34.7 Å². The highest BCUT2D eigenvalue weighted by atomic mass is 35.5. The summed E-state index contributed by atoms with van der Waals surface area (Å²) >= 11 is 8.71. The van der Waals surface area contributed by atoms with Gasteiger partial charge in [-0.3, -0.25) is 14.9 Å². The molecular formula is C16H13ClN2O3S2. The average Bonchev–Trinajstić information content (AvgIpc) is 3.07. The summed E-state index contributed by atoms with van der Waals surface area (Å²) in [5.41, 5.74) is 3.52. The van der Waals surface area contributed by atoms with Crippen LogP contribution in [0.3, 0.4) is 0 Å². The number of benzene rings is 1. The molecule has 3 rings (SSSR count). The highest BCUT2D eigenvalue weighted by Gasteiger charge is 2.25. The lowest BCUT2D eigenvalue weighted by Crippen LogP contribution is -2.17. The van der Waals surface area contributed by atoms with Gasteiger partial charge in [0, 0.05) is 11.3 Å². The highest BCUT2D eigenvalue weighted by molar-refractivity contribution is 8.18. The Balaban J connectivity index is 1.64. The van der Waals surface area contributed by atoms with Gasteiger partial charge in [0.2, 0.25) is 0 Å². The maximum absolute atomic E-state index is 11.6. The van der Waals surface area contributed by atoms with E-state index in [1.807, 2.05) is 12.4 Å². The number of aromatic nitrogens is 1. The number of amides is 2. The van der Waals surface area contributed by atoms with Crippen LogP contribution in [0.5, 0.6) is 5.75 Å². The molecular weight excluding hydrogens is 368 g/mol. The van der Waals surface area contributed by atoms with Crippen LogP contribution in [0.25, 0.3) is 6.08 Å². The summed E-state index contributed by atoms with van der Waals surface area (Å²) in [7, 11) is 0. The van der Waals surface area contributed by atoms with Gasteiger partial charge in [0.25, 0.3) is 11.1 Å². The van der Waals surface area contributed by atoms with Crippen LogP contribution in [0.15, 0.2) is 28.6 Å². The first-order valence-electron chi connectivity index (χ1n) is 7.09. The molecule has 1 aliphatic heterocycles. The van der Waals surface area contributed by atoms with Gasteiger partial charge in [-0.25, -0.2) is 4.98 Å². The van der Waals surface area contributed by atoms with Gasteiger partial charge >= 0.3 is 0 Å². The number of ether oxygens (including phenoxy) is 1. The Morgan fingerprint density at radius 3 is 2.83 bits per heavy atom. The summed E-state index contributed by atoms with van der Waals surface area (Å²) in [6, 6.07) is 5.25. The van der Waals surface area contributed by atoms with Gasteiger partial charge in [0.15, 0.2) is 0 Å². The maximum Gasteiger partial charge on any atom is 0.290 e.